The van der Waals surface area contributed by atoms with Crippen molar-refractivity contribution in [2.45, 2.75) is 83.0 Å². The van der Waals surface area contributed by atoms with Crippen molar-refractivity contribution < 1.29 is 36.9 Å². The van der Waals surface area contributed by atoms with Crippen molar-refractivity contribution in [1.82, 2.24) is 15.3 Å². The number of nitrogens with zero attached hydrogens (tertiary/aromatic N) is 2. The van der Waals surface area contributed by atoms with Crippen molar-refractivity contribution in [3.63, 3.8) is 0 Å². The minimum Gasteiger partial charge on any atom is -0.384 e. The summed E-state index contributed by atoms with van der Waals surface area (Å²) in [6, 6.07) is 2.53. The zero-order valence-corrected chi connectivity index (χ0v) is 21.9. The molecule has 2 fully saturated rings. The Morgan fingerprint density at radius 2 is 1.84 bits per heavy atom. The van der Waals surface area contributed by atoms with Gasteiger partial charge in [0.05, 0.1) is 36.1 Å². The van der Waals surface area contributed by atoms with Gasteiger partial charge in [-0.3, -0.25) is 4.79 Å². The zero-order valence-electron chi connectivity index (χ0n) is 21.9. The molecule has 1 aromatic carbocycles. The predicted octanol–water partition coefficient (Wildman–Crippen LogP) is 4.68. The molecule has 0 radical (unpaired) electrons. The molecular weight excluding hydrogens is 508 g/mol. The summed E-state index contributed by atoms with van der Waals surface area (Å²) in [7, 11) is 0. The van der Waals surface area contributed by atoms with Gasteiger partial charge in [-0.25, -0.2) is 18.7 Å². The highest BCUT2D eigenvalue weighted by molar-refractivity contribution is 5.83. The van der Waals surface area contributed by atoms with E-state index in [0.717, 1.165) is 32.8 Å². The first-order chi connectivity index (χ1) is 17.6. The van der Waals surface area contributed by atoms with Crippen molar-refractivity contribution in [2.75, 3.05) is 18.5 Å². The molecule has 1 unspecified atom stereocenters. The number of hydrogen-bond acceptors (Lipinski definition) is 7. The minimum atomic E-state index is -3.88. The van der Waals surface area contributed by atoms with Crippen LogP contribution < -0.4 is 10.6 Å². The number of nitrogens with one attached hydrogen (secondary N) is 2. The quantitative estimate of drug-likeness (QED) is 0.397. The normalized spacial score (nSPS) is 19.2. The second kappa shape index (κ2) is 10.0. The van der Waals surface area contributed by atoms with Crippen molar-refractivity contribution in [3.05, 3.63) is 52.2 Å². The second-order valence-corrected chi connectivity index (χ2v) is 10.6. The van der Waals surface area contributed by atoms with Gasteiger partial charge in [0, 0.05) is 11.1 Å². The van der Waals surface area contributed by atoms with Gasteiger partial charge in [0.25, 0.3) is 5.91 Å². The van der Waals surface area contributed by atoms with Gasteiger partial charge in [0.15, 0.2) is 6.29 Å². The number of amides is 1. The van der Waals surface area contributed by atoms with Crippen LogP contribution >= 0.6 is 0 Å². The van der Waals surface area contributed by atoms with Crippen molar-refractivity contribution >= 4 is 11.7 Å². The third kappa shape index (κ3) is 5.48. The monoisotopic (exact) mass is 540 g/mol. The summed E-state index contributed by atoms with van der Waals surface area (Å²) in [6.45, 7) is 7.02. The fraction of sp³-hybridized carbons (Fsp3) is 0.577. The first-order valence-electron chi connectivity index (χ1n) is 12.4. The lowest BCUT2D eigenvalue weighted by Crippen LogP contribution is -2.41. The molecule has 0 spiro atoms. The molecule has 8 nitrogen and oxygen atoms in total. The first kappa shape index (κ1) is 28.2. The molecule has 208 valence electrons. The first-order valence-corrected chi connectivity index (χ1v) is 12.4. The highest BCUT2D eigenvalue weighted by Crippen LogP contribution is 2.42. The van der Waals surface area contributed by atoms with Crippen molar-refractivity contribution in [2.24, 2.45) is 0 Å². The number of carbonyl (C=O) groups excluding carboxylic acids is 1. The van der Waals surface area contributed by atoms with Crippen LogP contribution in [-0.4, -0.2) is 45.3 Å². The van der Waals surface area contributed by atoms with Gasteiger partial charge < -0.3 is 25.2 Å². The summed E-state index contributed by atoms with van der Waals surface area (Å²) in [6.07, 6.45) is -1.80. The van der Waals surface area contributed by atoms with E-state index < -0.39 is 52.9 Å². The summed E-state index contributed by atoms with van der Waals surface area (Å²) < 4.78 is 71.7. The molecule has 1 saturated heterocycles. The zero-order chi connectivity index (χ0) is 28.0. The maximum absolute atomic E-state index is 15.6. The third-order valence-corrected chi connectivity index (χ3v) is 6.79. The molecule has 38 heavy (non-hydrogen) atoms. The van der Waals surface area contributed by atoms with Crippen LogP contribution in [0.5, 0.6) is 0 Å². The van der Waals surface area contributed by atoms with Crippen molar-refractivity contribution in [1.29, 1.82) is 0 Å². The van der Waals surface area contributed by atoms with E-state index in [0.29, 0.717) is 0 Å². The number of hydrogen-bond donors (Lipinski definition) is 3. The number of aryl methyl sites for hydroxylation is 1. The molecule has 2 aromatic rings. The fourth-order valence-electron chi connectivity index (χ4n) is 4.20. The summed E-state index contributed by atoms with van der Waals surface area (Å²) in [4.78, 5) is 21.2. The van der Waals surface area contributed by atoms with Gasteiger partial charge in [-0.15, -0.1) is 0 Å². The highest BCUT2D eigenvalue weighted by atomic mass is 19.3. The summed E-state index contributed by atoms with van der Waals surface area (Å²) in [5.41, 5.74) is -4.31. The molecule has 1 amide bonds. The Hall–Kier alpha value is -2.83. The van der Waals surface area contributed by atoms with Gasteiger partial charge >= 0.3 is 5.92 Å². The van der Waals surface area contributed by atoms with E-state index in [-0.39, 0.29) is 41.7 Å². The van der Waals surface area contributed by atoms with Crippen molar-refractivity contribution in [3.8, 4) is 0 Å². The van der Waals surface area contributed by atoms with E-state index in [1.54, 1.807) is 0 Å². The third-order valence-electron chi connectivity index (χ3n) is 6.79. The Bertz CT molecular complexity index is 1210. The number of ether oxygens (including phenoxy) is 2. The van der Waals surface area contributed by atoms with Gasteiger partial charge in [-0.1, -0.05) is 12.1 Å². The number of anilines is 1. The second-order valence-electron chi connectivity index (χ2n) is 10.6. The maximum atomic E-state index is 15.6. The van der Waals surface area contributed by atoms with Crippen LogP contribution in [0, 0.1) is 12.7 Å². The van der Waals surface area contributed by atoms with E-state index >= 15 is 8.78 Å². The molecule has 2 heterocycles. The topological polar surface area (TPSA) is 106 Å². The van der Waals surface area contributed by atoms with Gasteiger partial charge in [-0.2, -0.15) is 8.78 Å². The molecule has 1 aliphatic heterocycles. The van der Waals surface area contributed by atoms with Gasteiger partial charge in [0.2, 0.25) is 6.17 Å². The van der Waals surface area contributed by atoms with Gasteiger partial charge in [0.1, 0.15) is 23.1 Å². The largest absolute Gasteiger partial charge is 0.384 e. The molecule has 0 bridgehead atoms. The van der Waals surface area contributed by atoms with Crippen LogP contribution in [-0.2, 0) is 20.2 Å². The molecule has 3 N–H and O–H groups in total. The van der Waals surface area contributed by atoms with Crippen LogP contribution in [0.15, 0.2) is 18.2 Å². The summed E-state index contributed by atoms with van der Waals surface area (Å²) in [5.74, 6) is -5.82. The predicted molar refractivity (Wildman–Crippen MR) is 130 cm³/mol. The number of halogens is 4. The lowest BCUT2D eigenvalue weighted by Gasteiger charge is -2.30. The highest BCUT2D eigenvalue weighted by Gasteiger charge is 2.49. The number of alkyl halides is 3. The van der Waals surface area contributed by atoms with E-state index in [4.69, 9.17) is 9.47 Å². The summed E-state index contributed by atoms with van der Waals surface area (Å²) >= 11 is 0. The SMILES string of the molecule is Cc1nc(N[C@H](C)c2cccc(C(F)(F)C(C)(C)O)c2F)c(C2OCCO2)c(C(F)C(=O)NC2(C)CC2)n1. The Morgan fingerprint density at radius 1 is 1.21 bits per heavy atom. The molecule has 1 aromatic heterocycles. The molecule has 1 aliphatic carbocycles. The summed E-state index contributed by atoms with van der Waals surface area (Å²) in [5, 5.41) is 15.5. The number of aromatic nitrogens is 2. The van der Waals surface area contributed by atoms with E-state index in [1.165, 1.54) is 26.0 Å². The van der Waals surface area contributed by atoms with Gasteiger partial charge in [-0.05, 0) is 53.5 Å². The lowest BCUT2D eigenvalue weighted by atomic mass is 9.91. The number of benzene rings is 1. The van der Waals surface area contributed by atoms with Crippen LogP contribution in [0.2, 0.25) is 0 Å². The average Bonchev–Trinajstić information content (AvgIpc) is 3.30. The Labute approximate surface area is 218 Å². The maximum Gasteiger partial charge on any atom is 0.303 e. The average molecular weight is 541 g/mol. The van der Waals surface area contributed by atoms with E-state index in [1.807, 2.05) is 6.92 Å². The molecule has 12 heteroatoms. The Kier molecular flexibility index (Phi) is 7.45. The smallest absolute Gasteiger partial charge is 0.303 e. The van der Waals surface area contributed by atoms with E-state index in [2.05, 4.69) is 20.6 Å². The molecule has 2 atom stereocenters. The van der Waals surface area contributed by atoms with E-state index in [9.17, 15) is 18.7 Å². The number of rotatable bonds is 9. The standard InChI is InChI=1S/C26H32F4N4O4/c1-13(15-7-6-8-16(18(15)27)26(29,30)24(3,4)36)31-21-17(23-37-11-12-38-23)20(32-14(2)33-21)19(28)22(35)34-25(5)9-10-25/h6-8,13,19,23,36H,9-12H2,1-5H3,(H,34,35)(H,31,32,33)/t13-,19?/m1/s1. The lowest BCUT2D eigenvalue weighted by molar-refractivity contribution is -0.170. The Balaban J connectivity index is 1.72. The minimum absolute atomic E-state index is 0.0130. The molecule has 4 rings (SSSR count). The van der Waals surface area contributed by atoms with Crippen LogP contribution in [0.3, 0.4) is 0 Å². The number of carbonyl (C=O) groups is 1. The Morgan fingerprint density at radius 3 is 2.42 bits per heavy atom. The number of aliphatic hydroxyl groups is 1. The molecule has 2 aliphatic rings. The van der Waals surface area contributed by atoms with Crippen LogP contribution in [0.1, 0.15) is 87.2 Å². The molecule has 1 saturated carbocycles. The van der Waals surface area contributed by atoms with Crippen LogP contribution in [0.25, 0.3) is 0 Å². The fourth-order valence-corrected chi connectivity index (χ4v) is 4.20. The molecular formula is C26H32F4N4O4. The van der Waals surface area contributed by atoms with Crippen LogP contribution in [0.4, 0.5) is 23.4 Å².